The van der Waals surface area contributed by atoms with Crippen molar-refractivity contribution in [3.63, 3.8) is 0 Å². The van der Waals surface area contributed by atoms with Crippen molar-refractivity contribution in [2.24, 2.45) is 0 Å². The van der Waals surface area contributed by atoms with Gasteiger partial charge >= 0.3 is 0 Å². The van der Waals surface area contributed by atoms with Crippen molar-refractivity contribution in [2.75, 3.05) is 4.90 Å². The Hall–Kier alpha value is -7.88. The Bertz CT molecular complexity index is 3490. The lowest BCUT2D eigenvalue weighted by molar-refractivity contribution is 0.436. The van der Waals surface area contributed by atoms with Crippen molar-refractivity contribution in [1.82, 2.24) is 0 Å². The van der Waals surface area contributed by atoms with Gasteiger partial charge in [-0.15, -0.1) is 0 Å². The second-order valence-corrected chi connectivity index (χ2v) is 16.0. The lowest BCUT2D eigenvalue weighted by atomic mass is 9.66. The molecule has 1 spiro atoms. The molecular weight excluding hydrogens is 731 g/mol. The number of rotatable bonds is 4. The number of hydrogen-bond acceptors (Lipinski definition) is 3. The van der Waals surface area contributed by atoms with E-state index in [1.165, 1.54) is 44.0 Å². The average molecular weight is 766 g/mol. The highest BCUT2D eigenvalue weighted by atomic mass is 16.5. The molecule has 0 fully saturated rings. The van der Waals surface area contributed by atoms with Crippen molar-refractivity contribution >= 4 is 60.5 Å². The van der Waals surface area contributed by atoms with Crippen LogP contribution in [0, 0.1) is 0 Å². The molecule has 0 radical (unpaired) electrons. The summed E-state index contributed by atoms with van der Waals surface area (Å²) in [7, 11) is 0. The first-order valence-electron chi connectivity index (χ1n) is 20.6. The molecule has 1 aliphatic heterocycles. The number of benzene rings is 10. The van der Waals surface area contributed by atoms with E-state index < -0.39 is 5.41 Å². The quantitative estimate of drug-likeness (QED) is 0.178. The maximum absolute atomic E-state index is 6.84. The first-order chi connectivity index (χ1) is 29.7. The summed E-state index contributed by atoms with van der Waals surface area (Å²) in [6.07, 6.45) is 0. The predicted molar refractivity (Wildman–Crippen MR) is 246 cm³/mol. The highest BCUT2D eigenvalue weighted by molar-refractivity contribution is 6.16. The number of fused-ring (bicyclic) bond motifs is 15. The Balaban J connectivity index is 0.950. The van der Waals surface area contributed by atoms with Gasteiger partial charge in [-0.05, 0) is 98.8 Å². The fourth-order valence-electron chi connectivity index (χ4n) is 10.3. The molecule has 0 saturated heterocycles. The third kappa shape index (κ3) is 4.60. The topological polar surface area (TPSA) is 25.6 Å². The normalized spacial score (nSPS) is 13.3. The third-order valence-electron chi connectivity index (χ3n) is 12.9. The molecule has 1 aliphatic carbocycles. The van der Waals surface area contributed by atoms with Crippen LogP contribution in [-0.4, -0.2) is 0 Å². The maximum atomic E-state index is 6.84. The molecule has 0 saturated carbocycles. The first kappa shape index (κ1) is 33.1. The van der Waals surface area contributed by atoms with Gasteiger partial charge in [0.2, 0.25) is 0 Å². The van der Waals surface area contributed by atoms with E-state index in [0.717, 1.165) is 72.6 Å². The van der Waals surface area contributed by atoms with E-state index in [1.807, 2.05) is 0 Å². The Morgan fingerprint density at radius 2 is 0.983 bits per heavy atom. The summed E-state index contributed by atoms with van der Waals surface area (Å²) >= 11 is 0. The fourth-order valence-corrected chi connectivity index (χ4v) is 10.3. The van der Waals surface area contributed by atoms with Crippen LogP contribution in [0.15, 0.2) is 217 Å². The number of para-hydroxylation sites is 1. The third-order valence-corrected chi connectivity index (χ3v) is 12.9. The lowest BCUT2D eigenvalue weighted by Crippen LogP contribution is -2.32. The van der Waals surface area contributed by atoms with Crippen molar-refractivity contribution in [3.05, 3.63) is 235 Å². The molecule has 3 nitrogen and oxygen atoms in total. The molecule has 280 valence electrons. The van der Waals surface area contributed by atoms with Crippen LogP contribution >= 0.6 is 0 Å². The van der Waals surface area contributed by atoms with Gasteiger partial charge in [-0.25, -0.2) is 0 Å². The maximum Gasteiger partial charge on any atom is 0.143 e. The van der Waals surface area contributed by atoms with Gasteiger partial charge in [0.15, 0.2) is 0 Å². The minimum Gasteiger partial charge on any atom is -0.457 e. The van der Waals surface area contributed by atoms with E-state index in [2.05, 4.69) is 217 Å². The van der Waals surface area contributed by atoms with Gasteiger partial charge in [-0.1, -0.05) is 158 Å². The van der Waals surface area contributed by atoms with Crippen LogP contribution in [0.2, 0.25) is 0 Å². The van der Waals surface area contributed by atoms with Crippen molar-refractivity contribution in [1.29, 1.82) is 0 Å². The van der Waals surface area contributed by atoms with Gasteiger partial charge in [0, 0.05) is 44.0 Å². The SMILES string of the molecule is c1ccc2c(c1)Oc1cc(-c3ccc(N(c4ccc5oc6c7ccccc7ccc6c5c4)c4cccc5ccccc45)cc3)ccc1C21c2ccccc2-c2ccccc21. The van der Waals surface area contributed by atoms with E-state index >= 15 is 0 Å². The van der Waals surface area contributed by atoms with E-state index in [9.17, 15) is 0 Å². The number of hydrogen-bond donors (Lipinski definition) is 0. The summed E-state index contributed by atoms with van der Waals surface area (Å²) in [4.78, 5) is 2.37. The second kappa shape index (κ2) is 12.6. The van der Waals surface area contributed by atoms with E-state index in [-0.39, 0.29) is 0 Å². The molecule has 10 aromatic carbocycles. The number of anilines is 3. The molecule has 11 aromatic rings. The molecule has 13 rings (SSSR count). The number of furan rings is 1. The Kier molecular flexibility index (Phi) is 6.93. The molecule has 0 N–H and O–H groups in total. The van der Waals surface area contributed by atoms with E-state index in [0.29, 0.717) is 0 Å². The lowest BCUT2D eigenvalue weighted by Gasteiger charge is -2.39. The molecule has 0 unspecified atom stereocenters. The zero-order valence-electron chi connectivity index (χ0n) is 32.5. The van der Waals surface area contributed by atoms with Crippen LogP contribution in [0.5, 0.6) is 11.5 Å². The zero-order valence-corrected chi connectivity index (χ0v) is 32.5. The van der Waals surface area contributed by atoms with Crippen LogP contribution < -0.4 is 9.64 Å². The average Bonchev–Trinajstić information content (AvgIpc) is 3.83. The van der Waals surface area contributed by atoms with E-state index in [1.54, 1.807) is 0 Å². The summed E-state index contributed by atoms with van der Waals surface area (Å²) < 4.78 is 13.4. The van der Waals surface area contributed by atoms with Crippen LogP contribution in [0.25, 0.3) is 65.7 Å². The molecule has 2 heterocycles. The van der Waals surface area contributed by atoms with Crippen LogP contribution in [-0.2, 0) is 5.41 Å². The van der Waals surface area contributed by atoms with Crippen molar-refractivity contribution < 1.29 is 9.15 Å². The Morgan fingerprint density at radius 3 is 1.78 bits per heavy atom. The summed E-state index contributed by atoms with van der Waals surface area (Å²) in [5.74, 6) is 1.78. The van der Waals surface area contributed by atoms with Crippen molar-refractivity contribution in [3.8, 4) is 33.8 Å². The van der Waals surface area contributed by atoms with Gasteiger partial charge in [-0.3, -0.25) is 0 Å². The summed E-state index contributed by atoms with van der Waals surface area (Å²) in [6.45, 7) is 0. The monoisotopic (exact) mass is 765 g/mol. The molecule has 60 heavy (non-hydrogen) atoms. The Morgan fingerprint density at radius 1 is 0.367 bits per heavy atom. The highest BCUT2D eigenvalue weighted by Gasteiger charge is 2.50. The molecule has 2 aliphatic rings. The number of nitrogens with zero attached hydrogens (tertiary/aromatic N) is 1. The zero-order chi connectivity index (χ0) is 39.4. The fraction of sp³-hybridized carbons (Fsp3) is 0.0175. The Labute approximate surface area is 347 Å². The smallest absolute Gasteiger partial charge is 0.143 e. The van der Waals surface area contributed by atoms with Gasteiger partial charge in [-0.2, -0.15) is 0 Å². The number of ether oxygens (including phenoxy) is 1. The van der Waals surface area contributed by atoms with E-state index in [4.69, 9.17) is 9.15 Å². The van der Waals surface area contributed by atoms with Crippen LogP contribution in [0.3, 0.4) is 0 Å². The molecule has 0 amide bonds. The largest absolute Gasteiger partial charge is 0.457 e. The minimum atomic E-state index is -0.479. The van der Waals surface area contributed by atoms with Gasteiger partial charge in [0.25, 0.3) is 0 Å². The van der Waals surface area contributed by atoms with Crippen LogP contribution in [0.1, 0.15) is 22.3 Å². The van der Waals surface area contributed by atoms with Gasteiger partial charge in [0.1, 0.15) is 22.7 Å². The minimum absolute atomic E-state index is 0.479. The second-order valence-electron chi connectivity index (χ2n) is 16.0. The summed E-state index contributed by atoms with van der Waals surface area (Å²) in [5.41, 5.74) is 14.3. The molecular formula is C57H35NO2. The van der Waals surface area contributed by atoms with Gasteiger partial charge in [0.05, 0.1) is 11.1 Å². The molecule has 0 bridgehead atoms. The molecule has 1 aromatic heterocycles. The van der Waals surface area contributed by atoms with Crippen molar-refractivity contribution in [2.45, 2.75) is 5.41 Å². The first-order valence-corrected chi connectivity index (χ1v) is 20.6. The summed E-state index contributed by atoms with van der Waals surface area (Å²) in [5, 5.41) is 6.88. The molecule has 0 atom stereocenters. The summed E-state index contributed by atoms with van der Waals surface area (Å²) in [6, 6.07) is 76.6. The predicted octanol–water partition coefficient (Wildman–Crippen LogP) is 15.5. The van der Waals surface area contributed by atoms with Gasteiger partial charge < -0.3 is 14.1 Å². The van der Waals surface area contributed by atoms with Crippen LogP contribution in [0.4, 0.5) is 17.1 Å². The highest BCUT2D eigenvalue weighted by Crippen LogP contribution is 2.62. The molecule has 3 heteroatoms. The standard InChI is InChI=1S/C57H35NO2/c1-3-15-42-37(12-1)14-11-22-52(42)58(41-30-33-53-47(35-41)46-31-26-38-13-2-4-16-43(38)56(46)60-53)40-28-24-36(25-29-40)39-27-32-51-55(34-39)59-54-23-10-9-21-50(54)57(51)48-19-7-5-17-44(48)45-18-6-8-20-49(45)57/h1-35H.